The van der Waals surface area contributed by atoms with Crippen LogP contribution in [0.5, 0.6) is 0 Å². The predicted molar refractivity (Wildman–Crippen MR) is 103 cm³/mol. The summed E-state index contributed by atoms with van der Waals surface area (Å²) in [5.41, 5.74) is 5.19. The molecule has 134 valence electrons. The second-order valence-corrected chi connectivity index (χ2v) is 6.35. The second kappa shape index (κ2) is 9.38. The molecule has 0 atom stereocenters. The number of esters is 1. The highest BCUT2D eigenvalue weighted by Gasteiger charge is 2.07. The van der Waals surface area contributed by atoms with Gasteiger partial charge in [-0.25, -0.2) is 9.18 Å². The van der Waals surface area contributed by atoms with Crippen LogP contribution in [0.3, 0.4) is 0 Å². The molecule has 25 heavy (non-hydrogen) atoms. The lowest BCUT2D eigenvalue weighted by Crippen LogP contribution is -1.94. The van der Waals surface area contributed by atoms with Gasteiger partial charge in [-0.2, -0.15) is 0 Å². The first-order valence-corrected chi connectivity index (χ1v) is 8.30. The zero-order valence-electron chi connectivity index (χ0n) is 15.5. The molecule has 4 heteroatoms. The Balaban J connectivity index is 3.04. The van der Waals surface area contributed by atoms with E-state index in [-0.39, 0.29) is 5.83 Å². The van der Waals surface area contributed by atoms with Crippen LogP contribution in [0.1, 0.15) is 36.1 Å². The number of carbonyl (C=O) groups is 1. The average Bonchev–Trinajstić information content (AvgIpc) is 2.57. The first-order valence-electron chi connectivity index (χ1n) is 7.92. The van der Waals surface area contributed by atoms with Crippen molar-refractivity contribution in [3.05, 3.63) is 74.6 Å². The van der Waals surface area contributed by atoms with Crippen LogP contribution in [0.15, 0.2) is 47.3 Å². The Labute approximate surface area is 154 Å². The molecular formula is C21H24ClFO2. The van der Waals surface area contributed by atoms with E-state index >= 15 is 0 Å². The zero-order chi connectivity index (χ0) is 19.1. The van der Waals surface area contributed by atoms with Crippen molar-refractivity contribution in [3.8, 4) is 0 Å². The Kier molecular flexibility index (Phi) is 7.85. The predicted octanol–water partition coefficient (Wildman–Crippen LogP) is 6.20. The smallest absolute Gasteiger partial charge is 0.330 e. The minimum absolute atomic E-state index is 0.373. The third-order valence-electron chi connectivity index (χ3n) is 3.85. The summed E-state index contributed by atoms with van der Waals surface area (Å²) in [6, 6.07) is 2.02. The summed E-state index contributed by atoms with van der Waals surface area (Å²) in [6.45, 7) is 9.32. The van der Waals surface area contributed by atoms with Gasteiger partial charge in [-0.1, -0.05) is 35.9 Å². The molecule has 0 aromatic heterocycles. The highest BCUT2D eigenvalue weighted by molar-refractivity contribution is 6.32. The Morgan fingerprint density at radius 1 is 1.12 bits per heavy atom. The maximum atomic E-state index is 14.2. The van der Waals surface area contributed by atoms with Crippen LogP contribution in [0.2, 0.25) is 5.02 Å². The second-order valence-electron chi connectivity index (χ2n) is 5.97. The number of aryl methyl sites for hydroxylation is 2. The van der Waals surface area contributed by atoms with E-state index in [9.17, 15) is 9.18 Å². The van der Waals surface area contributed by atoms with Gasteiger partial charge in [-0.3, -0.25) is 0 Å². The SMILES string of the molecule is COC(=O)/C=C(C)/C=C/C(F)=C(C)/C=C/c1c(C)cc(C)c(Cl)c1C. The fourth-order valence-corrected chi connectivity index (χ4v) is 2.51. The first kappa shape index (κ1) is 20.9. The number of carbonyl (C=O) groups excluding carboxylic acids is 1. The molecule has 0 amide bonds. The third kappa shape index (κ3) is 6.02. The standard InChI is InChI=1S/C21H24ClFO2/c1-13(11-20(24)25-6)7-10-19(23)14(2)8-9-18-15(3)12-16(4)21(22)17(18)5/h7-12H,1-6H3/b9-8+,10-7+,13-11+,19-14-. The van der Waals surface area contributed by atoms with Gasteiger partial charge in [0.05, 0.1) is 7.11 Å². The minimum Gasteiger partial charge on any atom is -0.466 e. The van der Waals surface area contributed by atoms with E-state index in [1.807, 2.05) is 32.9 Å². The molecule has 0 spiro atoms. The highest BCUT2D eigenvalue weighted by Crippen LogP contribution is 2.28. The van der Waals surface area contributed by atoms with Crippen molar-refractivity contribution >= 4 is 23.6 Å². The van der Waals surface area contributed by atoms with Crippen LogP contribution in [0.4, 0.5) is 4.39 Å². The van der Waals surface area contributed by atoms with Crippen molar-refractivity contribution in [3.63, 3.8) is 0 Å². The number of rotatable bonds is 5. The van der Waals surface area contributed by atoms with Crippen LogP contribution in [-0.4, -0.2) is 13.1 Å². The van der Waals surface area contributed by atoms with Gasteiger partial charge in [-0.05, 0) is 74.1 Å². The van der Waals surface area contributed by atoms with Crippen LogP contribution in [-0.2, 0) is 9.53 Å². The van der Waals surface area contributed by atoms with Crippen molar-refractivity contribution in [2.45, 2.75) is 34.6 Å². The van der Waals surface area contributed by atoms with Crippen LogP contribution in [0.25, 0.3) is 6.08 Å². The number of ether oxygens (including phenoxy) is 1. The van der Waals surface area contributed by atoms with E-state index in [0.29, 0.717) is 11.1 Å². The fraction of sp³-hybridized carbons (Fsp3) is 0.286. The first-order chi connectivity index (χ1) is 11.7. The van der Waals surface area contributed by atoms with Crippen molar-refractivity contribution < 1.29 is 13.9 Å². The lowest BCUT2D eigenvalue weighted by atomic mass is 9.98. The van der Waals surface area contributed by atoms with E-state index < -0.39 is 5.97 Å². The molecule has 0 aliphatic carbocycles. The molecule has 0 radical (unpaired) electrons. The Hall–Kier alpha value is -2.13. The minimum atomic E-state index is -0.467. The summed E-state index contributed by atoms with van der Waals surface area (Å²) >= 11 is 6.30. The van der Waals surface area contributed by atoms with Crippen molar-refractivity contribution in [2.75, 3.05) is 7.11 Å². The molecule has 0 fully saturated rings. The lowest BCUT2D eigenvalue weighted by molar-refractivity contribution is -0.134. The molecule has 1 rings (SSSR count). The fourth-order valence-electron chi connectivity index (χ4n) is 2.35. The van der Waals surface area contributed by atoms with Gasteiger partial charge in [-0.15, -0.1) is 0 Å². The van der Waals surface area contributed by atoms with Gasteiger partial charge in [0.25, 0.3) is 0 Å². The molecule has 0 saturated heterocycles. The monoisotopic (exact) mass is 362 g/mol. The Bertz CT molecular complexity index is 784. The molecule has 0 N–H and O–H groups in total. The maximum Gasteiger partial charge on any atom is 0.330 e. The van der Waals surface area contributed by atoms with Gasteiger partial charge >= 0.3 is 5.97 Å². The van der Waals surface area contributed by atoms with E-state index in [4.69, 9.17) is 11.6 Å². The van der Waals surface area contributed by atoms with E-state index in [0.717, 1.165) is 27.3 Å². The number of hydrogen-bond donors (Lipinski definition) is 0. The lowest BCUT2D eigenvalue weighted by Gasteiger charge is -2.10. The van der Waals surface area contributed by atoms with Gasteiger partial charge in [0.15, 0.2) is 0 Å². The molecule has 1 aromatic carbocycles. The van der Waals surface area contributed by atoms with Crippen molar-refractivity contribution in [1.82, 2.24) is 0 Å². The molecule has 0 aliphatic rings. The third-order valence-corrected chi connectivity index (χ3v) is 4.43. The normalized spacial score (nSPS) is 13.5. The summed E-state index contributed by atoms with van der Waals surface area (Å²) in [6.07, 6.45) is 7.75. The zero-order valence-corrected chi connectivity index (χ0v) is 16.3. The number of methoxy groups -OCH3 is 1. The highest BCUT2D eigenvalue weighted by atomic mass is 35.5. The van der Waals surface area contributed by atoms with Crippen LogP contribution < -0.4 is 0 Å². The molecule has 1 aromatic rings. The molecule has 0 unspecified atom stereocenters. The van der Waals surface area contributed by atoms with E-state index in [1.54, 1.807) is 19.9 Å². The summed E-state index contributed by atoms with van der Waals surface area (Å²) in [5, 5.41) is 0.732. The Morgan fingerprint density at radius 2 is 1.76 bits per heavy atom. The number of benzene rings is 1. The maximum absolute atomic E-state index is 14.2. The quantitative estimate of drug-likeness (QED) is 0.354. The number of halogens is 2. The van der Waals surface area contributed by atoms with Gasteiger partial charge in [0.1, 0.15) is 5.83 Å². The van der Waals surface area contributed by atoms with Gasteiger partial charge in [0, 0.05) is 11.1 Å². The van der Waals surface area contributed by atoms with E-state index in [2.05, 4.69) is 4.74 Å². The molecule has 0 saturated carbocycles. The number of allylic oxidation sites excluding steroid dienone is 6. The van der Waals surface area contributed by atoms with Gasteiger partial charge < -0.3 is 4.74 Å². The summed E-state index contributed by atoms with van der Waals surface area (Å²) in [5.74, 6) is -0.840. The Morgan fingerprint density at radius 3 is 2.36 bits per heavy atom. The van der Waals surface area contributed by atoms with Gasteiger partial charge in [0.2, 0.25) is 0 Å². The summed E-state index contributed by atoms with van der Waals surface area (Å²) < 4.78 is 18.7. The van der Waals surface area contributed by atoms with Crippen molar-refractivity contribution in [1.29, 1.82) is 0 Å². The topological polar surface area (TPSA) is 26.3 Å². The summed E-state index contributed by atoms with van der Waals surface area (Å²) in [4.78, 5) is 11.1. The number of hydrogen-bond acceptors (Lipinski definition) is 2. The average molecular weight is 363 g/mol. The molecule has 0 bridgehead atoms. The summed E-state index contributed by atoms with van der Waals surface area (Å²) in [7, 11) is 1.30. The molecule has 0 aliphatic heterocycles. The van der Waals surface area contributed by atoms with Crippen LogP contribution >= 0.6 is 11.6 Å². The molecular weight excluding hydrogens is 339 g/mol. The molecule has 2 nitrogen and oxygen atoms in total. The van der Waals surface area contributed by atoms with E-state index in [1.165, 1.54) is 25.3 Å². The molecule has 0 heterocycles. The van der Waals surface area contributed by atoms with Crippen LogP contribution in [0, 0.1) is 20.8 Å². The largest absolute Gasteiger partial charge is 0.466 e. The van der Waals surface area contributed by atoms with Crippen molar-refractivity contribution in [2.24, 2.45) is 0 Å².